The minimum Gasteiger partial charge on any atom is -0.457 e. The highest BCUT2D eigenvalue weighted by Crippen LogP contribution is 2.19. The van der Waals surface area contributed by atoms with Crippen LogP contribution in [-0.4, -0.2) is 15.9 Å². The summed E-state index contributed by atoms with van der Waals surface area (Å²) in [6, 6.07) is 18.3. The van der Waals surface area contributed by atoms with E-state index in [-0.39, 0.29) is 17.9 Å². The number of rotatable bonds is 4. The minimum absolute atomic E-state index is 0.189. The first-order valence-corrected chi connectivity index (χ1v) is 7.40. The third-order valence-electron chi connectivity index (χ3n) is 3.26. The van der Waals surface area contributed by atoms with Crippen molar-refractivity contribution in [1.82, 2.24) is 9.97 Å². The van der Waals surface area contributed by atoms with Gasteiger partial charge in [0.15, 0.2) is 0 Å². The van der Waals surface area contributed by atoms with E-state index in [0.29, 0.717) is 11.3 Å². The van der Waals surface area contributed by atoms with E-state index in [1.54, 1.807) is 36.5 Å². The summed E-state index contributed by atoms with van der Waals surface area (Å²) in [6.07, 6.45) is 1.59. The van der Waals surface area contributed by atoms with E-state index < -0.39 is 0 Å². The van der Waals surface area contributed by atoms with Crippen LogP contribution in [0.25, 0.3) is 11.3 Å². The molecule has 0 N–H and O–H groups in total. The first-order chi connectivity index (χ1) is 11.2. The monoisotopic (exact) mass is 324 g/mol. The summed E-state index contributed by atoms with van der Waals surface area (Å²) < 4.78 is 5.29. The molecule has 0 saturated heterocycles. The number of carbonyl (C=O) groups excluding carboxylic acids is 1. The summed E-state index contributed by atoms with van der Waals surface area (Å²) in [5.41, 5.74) is 3.00. The fourth-order valence-electron chi connectivity index (χ4n) is 2.08. The summed E-state index contributed by atoms with van der Waals surface area (Å²) in [4.78, 5) is 20.0. The second-order valence-corrected chi connectivity index (χ2v) is 5.19. The Morgan fingerprint density at radius 1 is 1.00 bits per heavy atom. The lowest BCUT2D eigenvalue weighted by Crippen LogP contribution is -2.05. The van der Waals surface area contributed by atoms with Crippen LogP contribution < -0.4 is 0 Å². The van der Waals surface area contributed by atoms with E-state index in [9.17, 15) is 4.79 Å². The molecule has 114 valence electrons. The zero-order valence-electron chi connectivity index (χ0n) is 12.1. The number of hydrogen-bond donors (Lipinski definition) is 0. The molecule has 0 atom stereocenters. The Labute approximate surface area is 138 Å². The van der Waals surface area contributed by atoms with Crippen LogP contribution in [0.4, 0.5) is 0 Å². The van der Waals surface area contributed by atoms with Crippen LogP contribution in [-0.2, 0) is 11.3 Å². The fourth-order valence-corrected chi connectivity index (χ4v) is 2.23. The summed E-state index contributed by atoms with van der Waals surface area (Å²) in [5.74, 6) is -0.360. The van der Waals surface area contributed by atoms with Gasteiger partial charge in [-0.1, -0.05) is 42.5 Å². The third-order valence-corrected chi connectivity index (χ3v) is 3.44. The highest BCUT2D eigenvalue weighted by Gasteiger charge is 2.08. The molecule has 0 bridgehead atoms. The Balaban J connectivity index is 1.68. The van der Waals surface area contributed by atoms with Crippen molar-refractivity contribution in [2.75, 3.05) is 0 Å². The Bertz CT molecular complexity index is 805. The highest BCUT2D eigenvalue weighted by atomic mass is 35.5. The number of nitrogens with zero attached hydrogens (tertiary/aromatic N) is 2. The Kier molecular flexibility index (Phi) is 4.64. The maximum atomic E-state index is 12.1. The lowest BCUT2D eigenvalue weighted by atomic mass is 10.1. The van der Waals surface area contributed by atoms with Gasteiger partial charge in [-0.2, -0.15) is 0 Å². The maximum absolute atomic E-state index is 12.1. The first-order valence-electron chi connectivity index (χ1n) is 7.02. The van der Waals surface area contributed by atoms with Crippen LogP contribution in [0.3, 0.4) is 0 Å². The van der Waals surface area contributed by atoms with Crippen molar-refractivity contribution >= 4 is 17.6 Å². The summed E-state index contributed by atoms with van der Waals surface area (Å²) in [7, 11) is 0. The average Bonchev–Trinajstić information content (AvgIpc) is 2.61. The summed E-state index contributed by atoms with van der Waals surface area (Å²) in [5, 5.41) is 0.189. The van der Waals surface area contributed by atoms with Gasteiger partial charge < -0.3 is 4.74 Å². The van der Waals surface area contributed by atoms with E-state index in [2.05, 4.69) is 9.97 Å². The van der Waals surface area contributed by atoms with Crippen LogP contribution in [0, 0.1) is 0 Å². The van der Waals surface area contributed by atoms with Crippen LogP contribution in [0.1, 0.15) is 15.9 Å². The van der Waals surface area contributed by atoms with Crippen LogP contribution in [0.15, 0.2) is 66.9 Å². The standard InChI is InChI=1S/C18H13ClN2O2/c19-18-20-11-10-16(21-18)14-6-8-15(9-7-14)17(22)23-12-13-4-2-1-3-5-13/h1-11H,12H2. The average molecular weight is 325 g/mol. The van der Waals surface area contributed by atoms with Crippen molar-refractivity contribution in [2.45, 2.75) is 6.61 Å². The molecular formula is C18H13ClN2O2. The number of benzene rings is 2. The van der Waals surface area contributed by atoms with Gasteiger partial charge in [0.2, 0.25) is 5.28 Å². The van der Waals surface area contributed by atoms with Gasteiger partial charge in [-0.15, -0.1) is 0 Å². The van der Waals surface area contributed by atoms with Crippen molar-refractivity contribution in [1.29, 1.82) is 0 Å². The zero-order chi connectivity index (χ0) is 16.1. The van der Waals surface area contributed by atoms with E-state index >= 15 is 0 Å². The number of carbonyl (C=O) groups is 1. The normalized spacial score (nSPS) is 10.3. The maximum Gasteiger partial charge on any atom is 0.338 e. The molecule has 5 heteroatoms. The van der Waals surface area contributed by atoms with Gasteiger partial charge in [-0.05, 0) is 35.4 Å². The minimum atomic E-state index is -0.360. The molecule has 0 aliphatic heterocycles. The Hall–Kier alpha value is -2.72. The number of aromatic nitrogens is 2. The predicted octanol–water partition coefficient (Wildman–Crippen LogP) is 4.15. The highest BCUT2D eigenvalue weighted by molar-refractivity contribution is 6.28. The molecule has 2 aromatic carbocycles. The van der Waals surface area contributed by atoms with Gasteiger partial charge >= 0.3 is 5.97 Å². The Morgan fingerprint density at radius 2 is 1.74 bits per heavy atom. The zero-order valence-corrected chi connectivity index (χ0v) is 12.9. The molecule has 0 fully saturated rings. The van der Waals surface area contributed by atoms with Crippen molar-refractivity contribution in [3.05, 3.63) is 83.3 Å². The van der Waals surface area contributed by atoms with Crippen LogP contribution >= 0.6 is 11.6 Å². The molecule has 0 aliphatic carbocycles. The second-order valence-electron chi connectivity index (χ2n) is 4.85. The molecule has 3 aromatic rings. The largest absolute Gasteiger partial charge is 0.457 e. The van der Waals surface area contributed by atoms with Gasteiger partial charge in [0.05, 0.1) is 11.3 Å². The number of hydrogen-bond acceptors (Lipinski definition) is 4. The molecule has 0 radical (unpaired) electrons. The lowest BCUT2D eigenvalue weighted by Gasteiger charge is -2.06. The molecule has 1 heterocycles. The number of ether oxygens (including phenoxy) is 1. The molecule has 0 aliphatic rings. The summed E-state index contributed by atoms with van der Waals surface area (Å²) >= 11 is 5.78. The van der Waals surface area contributed by atoms with E-state index in [1.807, 2.05) is 30.3 Å². The lowest BCUT2D eigenvalue weighted by molar-refractivity contribution is 0.0473. The first kappa shape index (κ1) is 15.2. The van der Waals surface area contributed by atoms with Crippen molar-refractivity contribution < 1.29 is 9.53 Å². The molecule has 3 rings (SSSR count). The van der Waals surface area contributed by atoms with Gasteiger partial charge in [0.25, 0.3) is 0 Å². The Morgan fingerprint density at radius 3 is 2.43 bits per heavy atom. The van der Waals surface area contributed by atoms with Gasteiger partial charge in [-0.3, -0.25) is 0 Å². The van der Waals surface area contributed by atoms with Crippen molar-refractivity contribution in [2.24, 2.45) is 0 Å². The van der Waals surface area contributed by atoms with E-state index in [0.717, 1.165) is 11.1 Å². The molecule has 0 spiro atoms. The van der Waals surface area contributed by atoms with Gasteiger partial charge in [0.1, 0.15) is 6.61 Å². The SMILES string of the molecule is O=C(OCc1ccccc1)c1ccc(-c2ccnc(Cl)n2)cc1. The van der Waals surface area contributed by atoms with Crippen molar-refractivity contribution in [3.8, 4) is 11.3 Å². The number of esters is 1. The molecule has 1 aromatic heterocycles. The van der Waals surface area contributed by atoms with Crippen molar-refractivity contribution in [3.63, 3.8) is 0 Å². The molecule has 23 heavy (non-hydrogen) atoms. The van der Waals surface area contributed by atoms with Crippen LogP contribution in [0.5, 0.6) is 0 Å². The smallest absolute Gasteiger partial charge is 0.338 e. The fraction of sp³-hybridized carbons (Fsp3) is 0.0556. The predicted molar refractivity (Wildman–Crippen MR) is 88.0 cm³/mol. The van der Waals surface area contributed by atoms with Crippen LogP contribution in [0.2, 0.25) is 5.28 Å². The number of halogens is 1. The molecule has 0 saturated carbocycles. The molecule has 0 amide bonds. The second kappa shape index (κ2) is 7.03. The van der Waals surface area contributed by atoms with Gasteiger partial charge in [0, 0.05) is 11.8 Å². The third kappa shape index (κ3) is 3.93. The quantitative estimate of drug-likeness (QED) is 0.534. The van der Waals surface area contributed by atoms with E-state index in [4.69, 9.17) is 16.3 Å². The molecule has 4 nitrogen and oxygen atoms in total. The molecule has 0 unspecified atom stereocenters. The topological polar surface area (TPSA) is 52.1 Å². The molecular weight excluding hydrogens is 312 g/mol. The van der Waals surface area contributed by atoms with E-state index in [1.165, 1.54) is 0 Å². The van der Waals surface area contributed by atoms with Gasteiger partial charge in [-0.25, -0.2) is 14.8 Å². The summed E-state index contributed by atoms with van der Waals surface area (Å²) in [6.45, 7) is 0.253.